The minimum absolute atomic E-state index is 0.166. The molecule has 4 aliphatic carbocycles. The van der Waals surface area contributed by atoms with Gasteiger partial charge in [-0.1, -0.05) is 19.9 Å². The first kappa shape index (κ1) is 17.3. The number of aliphatic hydroxyl groups is 1. The smallest absolute Gasteiger partial charge is 0.133 e. The summed E-state index contributed by atoms with van der Waals surface area (Å²) in [6.07, 6.45) is 10.3. The summed E-state index contributed by atoms with van der Waals surface area (Å²) in [6, 6.07) is 0. The molecule has 0 aromatic heterocycles. The van der Waals surface area contributed by atoms with Crippen molar-refractivity contribution in [2.24, 2.45) is 34.5 Å². The number of carbonyl (C=O) groups excluding carboxylic acids is 1. The van der Waals surface area contributed by atoms with Crippen molar-refractivity contribution in [2.75, 3.05) is 7.11 Å². The Hall–Kier alpha value is -1.09. The third-order valence-corrected chi connectivity index (χ3v) is 8.60. The molecule has 3 nitrogen and oxygen atoms in total. The quantitative estimate of drug-likeness (QED) is 0.814. The van der Waals surface area contributed by atoms with Gasteiger partial charge in [-0.25, -0.2) is 0 Å². The standard InChI is InChI=1S/C22H32O3/c1-13(23)17-7-8-18-16-6-5-14-11-15(25-4)12-20(24)22(14,3)19(16)9-10-21(17,18)2/h5,11,16-20,24H,6-10,12H2,1-4H3/t16-,17+,18-,19-,20?,21+,22-/m0/s1. The summed E-state index contributed by atoms with van der Waals surface area (Å²) in [5, 5.41) is 11.0. The maximum atomic E-state index is 12.2. The van der Waals surface area contributed by atoms with Crippen molar-refractivity contribution >= 4 is 5.78 Å². The molecule has 1 N–H and O–H groups in total. The Bertz CT molecular complexity index is 648. The lowest BCUT2D eigenvalue weighted by Gasteiger charge is -2.58. The molecule has 4 aliphatic rings. The van der Waals surface area contributed by atoms with Gasteiger partial charge in [0.1, 0.15) is 5.78 Å². The number of ketones is 1. The number of rotatable bonds is 2. The monoisotopic (exact) mass is 344 g/mol. The van der Waals surface area contributed by atoms with Crippen LogP contribution in [0.4, 0.5) is 0 Å². The number of allylic oxidation sites excluding steroid dienone is 2. The van der Waals surface area contributed by atoms with Crippen molar-refractivity contribution in [2.45, 2.75) is 65.4 Å². The predicted octanol–water partition coefficient (Wildman–Crippen LogP) is 4.27. The second kappa shape index (κ2) is 5.70. The van der Waals surface area contributed by atoms with Gasteiger partial charge in [0.25, 0.3) is 0 Å². The van der Waals surface area contributed by atoms with E-state index >= 15 is 0 Å². The number of hydrogen-bond donors (Lipinski definition) is 1. The lowest BCUT2D eigenvalue weighted by atomic mass is 9.47. The highest BCUT2D eigenvalue weighted by molar-refractivity contribution is 5.79. The molecule has 0 amide bonds. The van der Waals surface area contributed by atoms with Gasteiger partial charge in [0.2, 0.25) is 0 Å². The lowest BCUT2D eigenvalue weighted by molar-refractivity contribution is -0.128. The van der Waals surface area contributed by atoms with Crippen molar-refractivity contribution in [1.82, 2.24) is 0 Å². The zero-order valence-electron chi connectivity index (χ0n) is 16.0. The zero-order valence-corrected chi connectivity index (χ0v) is 16.0. The van der Waals surface area contributed by atoms with Crippen LogP contribution in [-0.2, 0) is 9.53 Å². The second-order valence-electron chi connectivity index (χ2n) is 9.37. The molecule has 0 radical (unpaired) electrons. The van der Waals surface area contributed by atoms with Gasteiger partial charge in [-0.2, -0.15) is 0 Å². The Balaban J connectivity index is 1.71. The highest BCUT2D eigenvalue weighted by atomic mass is 16.5. The normalized spacial score (nSPS) is 48.6. The maximum absolute atomic E-state index is 12.2. The molecule has 138 valence electrons. The molecule has 25 heavy (non-hydrogen) atoms. The molecular weight excluding hydrogens is 312 g/mol. The van der Waals surface area contributed by atoms with Gasteiger partial charge in [-0.15, -0.1) is 0 Å². The zero-order chi connectivity index (χ0) is 18.0. The van der Waals surface area contributed by atoms with Crippen LogP contribution in [0.5, 0.6) is 0 Å². The molecule has 0 saturated heterocycles. The molecule has 4 rings (SSSR count). The maximum Gasteiger partial charge on any atom is 0.133 e. The van der Waals surface area contributed by atoms with E-state index in [4.69, 9.17) is 4.74 Å². The fraction of sp³-hybridized carbons (Fsp3) is 0.773. The van der Waals surface area contributed by atoms with Crippen molar-refractivity contribution < 1.29 is 14.6 Å². The Labute approximate surface area is 151 Å². The van der Waals surface area contributed by atoms with Crippen LogP contribution in [-0.4, -0.2) is 24.1 Å². The van der Waals surface area contributed by atoms with E-state index in [-0.39, 0.29) is 22.9 Å². The Kier molecular flexibility index (Phi) is 3.95. The van der Waals surface area contributed by atoms with Crippen LogP contribution in [0.3, 0.4) is 0 Å². The number of carbonyl (C=O) groups is 1. The minimum Gasteiger partial charge on any atom is -0.501 e. The number of methoxy groups -OCH3 is 1. The highest BCUT2D eigenvalue weighted by Gasteiger charge is 2.60. The van der Waals surface area contributed by atoms with E-state index in [0.29, 0.717) is 30.0 Å². The molecule has 0 heterocycles. The molecule has 0 aromatic rings. The largest absolute Gasteiger partial charge is 0.501 e. The van der Waals surface area contributed by atoms with Gasteiger partial charge in [-0.3, -0.25) is 4.79 Å². The molecular formula is C22H32O3. The van der Waals surface area contributed by atoms with Crippen LogP contribution < -0.4 is 0 Å². The number of aliphatic hydroxyl groups excluding tert-OH is 1. The number of hydrogen-bond acceptors (Lipinski definition) is 3. The third kappa shape index (κ3) is 2.24. The summed E-state index contributed by atoms with van der Waals surface area (Å²) < 4.78 is 5.44. The van der Waals surface area contributed by atoms with Gasteiger partial charge >= 0.3 is 0 Å². The van der Waals surface area contributed by atoms with Gasteiger partial charge in [0.05, 0.1) is 19.0 Å². The summed E-state index contributed by atoms with van der Waals surface area (Å²) >= 11 is 0. The van der Waals surface area contributed by atoms with Crippen molar-refractivity contribution in [3.63, 3.8) is 0 Å². The highest BCUT2D eigenvalue weighted by Crippen LogP contribution is 2.66. The number of Topliss-reactive ketones (excluding diaryl/α,β-unsaturated/α-hetero) is 1. The van der Waals surface area contributed by atoms with Gasteiger partial charge < -0.3 is 9.84 Å². The van der Waals surface area contributed by atoms with E-state index < -0.39 is 0 Å². The SMILES string of the molecule is COC1=CC2=CC[C@H]3[C@@H]4CC[C@H](C(C)=O)[C@@]4(C)CC[C@@H]3[C@@]2(C)C(O)C1. The fourth-order valence-corrected chi connectivity index (χ4v) is 7.16. The fourth-order valence-electron chi connectivity index (χ4n) is 7.16. The van der Waals surface area contributed by atoms with E-state index in [1.54, 1.807) is 14.0 Å². The van der Waals surface area contributed by atoms with Crippen LogP contribution in [0.15, 0.2) is 23.5 Å². The van der Waals surface area contributed by atoms with E-state index in [1.807, 2.05) is 0 Å². The van der Waals surface area contributed by atoms with Crippen molar-refractivity contribution in [3.05, 3.63) is 23.5 Å². The van der Waals surface area contributed by atoms with Crippen LogP contribution >= 0.6 is 0 Å². The molecule has 0 aliphatic heterocycles. The van der Waals surface area contributed by atoms with Crippen molar-refractivity contribution in [3.8, 4) is 0 Å². The Morgan fingerprint density at radius 2 is 2.00 bits per heavy atom. The van der Waals surface area contributed by atoms with Crippen LogP contribution in [0.25, 0.3) is 0 Å². The van der Waals surface area contributed by atoms with Gasteiger partial charge in [0, 0.05) is 17.8 Å². The molecule has 2 saturated carbocycles. The van der Waals surface area contributed by atoms with Crippen LogP contribution in [0, 0.1) is 34.5 Å². The topological polar surface area (TPSA) is 46.5 Å². The second-order valence-corrected chi connectivity index (χ2v) is 9.37. The van der Waals surface area contributed by atoms with E-state index in [1.165, 1.54) is 12.0 Å². The summed E-state index contributed by atoms with van der Waals surface area (Å²) in [5.41, 5.74) is 1.27. The lowest BCUT2D eigenvalue weighted by Crippen LogP contribution is -2.54. The summed E-state index contributed by atoms with van der Waals surface area (Å²) in [7, 11) is 1.69. The summed E-state index contributed by atoms with van der Waals surface area (Å²) in [4.78, 5) is 12.2. The van der Waals surface area contributed by atoms with Gasteiger partial charge in [0.15, 0.2) is 0 Å². The number of ether oxygens (including phenoxy) is 1. The van der Waals surface area contributed by atoms with E-state index in [9.17, 15) is 9.90 Å². The number of fused-ring (bicyclic) bond motifs is 5. The Morgan fingerprint density at radius 3 is 2.68 bits per heavy atom. The summed E-state index contributed by atoms with van der Waals surface area (Å²) in [6.45, 7) is 6.42. The average Bonchev–Trinajstić information content (AvgIpc) is 2.93. The van der Waals surface area contributed by atoms with Crippen molar-refractivity contribution in [1.29, 1.82) is 0 Å². The summed E-state index contributed by atoms with van der Waals surface area (Å²) in [5.74, 6) is 3.26. The first-order valence-corrected chi connectivity index (χ1v) is 9.96. The molecule has 0 spiro atoms. The Morgan fingerprint density at radius 1 is 1.24 bits per heavy atom. The molecule has 3 heteroatoms. The van der Waals surface area contributed by atoms with Gasteiger partial charge in [-0.05, 0) is 73.8 Å². The van der Waals surface area contributed by atoms with E-state index in [0.717, 1.165) is 31.4 Å². The molecule has 0 aromatic carbocycles. The third-order valence-electron chi connectivity index (χ3n) is 8.60. The first-order chi connectivity index (χ1) is 11.8. The minimum atomic E-state index is -0.374. The van der Waals surface area contributed by atoms with E-state index in [2.05, 4.69) is 26.0 Å². The molecule has 2 fully saturated rings. The predicted molar refractivity (Wildman–Crippen MR) is 97.7 cm³/mol. The van der Waals surface area contributed by atoms with Crippen LogP contribution in [0.1, 0.15) is 59.3 Å². The molecule has 7 atom stereocenters. The molecule has 1 unspecified atom stereocenters. The average molecular weight is 344 g/mol. The van der Waals surface area contributed by atoms with Crippen LogP contribution in [0.2, 0.25) is 0 Å². The first-order valence-electron chi connectivity index (χ1n) is 9.96. The molecule has 0 bridgehead atoms.